The zero-order chi connectivity index (χ0) is 14.7. The molecule has 0 saturated carbocycles. The van der Waals surface area contributed by atoms with E-state index in [0.717, 1.165) is 17.8 Å². The maximum Gasteiger partial charge on any atom is 0.226 e. The van der Waals surface area contributed by atoms with Crippen LogP contribution in [0.2, 0.25) is 0 Å². The van der Waals surface area contributed by atoms with Gasteiger partial charge in [-0.15, -0.1) is 0 Å². The van der Waals surface area contributed by atoms with Crippen LogP contribution in [0.1, 0.15) is 23.7 Å². The highest BCUT2D eigenvalue weighted by molar-refractivity contribution is 6.63. The number of carbonyl (C=O) groups excluding carboxylic acids is 1. The van der Waals surface area contributed by atoms with Crippen LogP contribution in [0.3, 0.4) is 0 Å². The minimum absolute atomic E-state index is 0.0479. The summed E-state index contributed by atoms with van der Waals surface area (Å²) in [6.45, 7) is 3.96. The maximum absolute atomic E-state index is 11.8. The number of aryl methyl sites for hydroxylation is 2. The molecule has 20 heavy (non-hydrogen) atoms. The number of carbonyl (C=O) groups is 1. The van der Waals surface area contributed by atoms with Crippen molar-refractivity contribution >= 4 is 16.8 Å². The second kappa shape index (κ2) is 6.06. The van der Waals surface area contributed by atoms with E-state index in [1.165, 1.54) is 11.6 Å². The van der Waals surface area contributed by atoms with Gasteiger partial charge in [0.05, 0.1) is 6.42 Å². The molecule has 0 fully saturated rings. The number of halogens is 1. The predicted molar refractivity (Wildman–Crippen MR) is 80.7 cm³/mol. The Balaban J connectivity index is 2.49. The Morgan fingerprint density at radius 1 is 1.25 bits per heavy atom. The van der Waals surface area contributed by atoms with Crippen molar-refractivity contribution in [2.75, 3.05) is 0 Å². The zero-order valence-electron chi connectivity index (χ0n) is 11.5. The number of nitrogens with zero attached hydrogens (tertiary/aromatic N) is 1. The molecule has 0 radical (unpaired) electrons. The van der Waals surface area contributed by atoms with Crippen molar-refractivity contribution in [2.24, 2.45) is 0 Å². The summed E-state index contributed by atoms with van der Waals surface area (Å²) in [6, 6.07) is 9.65. The highest BCUT2D eigenvalue weighted by Crippen LogP contribution is 2.13. The van der Waals surface area contributed by atoms with Crippen molar-refractivity contribution in [3.05, 3.63) is 63.6 Å². The van der Waals surface area contributed by atoms with E-state index in [1.54, 1.807) is 6.20 Å². The summed E-state index contributed by atoms with van der Waals surface area (Å²) in [7, 11) is 0. The van der Waals surface area contributed by atoms with E-state index in [4.69, 9.17) is 11.6 Å². The van der Waals surface area contributed by atoms with Gasteiger partial charge in [0.15, 0.2) is 5.43 Å². The quantitative estimate of drug-likeness (QED) is 0.812. The van der Waals surface area contributed by atoms with Gasteiger partial charge in [-0.05, 0) is 42.6 Å². The van der Waals surface area contributed by atoms with Gasteiger partial charge in [-0.2, -0.15) is 0 Å². The first-order valence-electron chi connectivity index (χ1n) is 6.51. The molecule has 2 aromatic rings. The van der Waals surface area contributed by atoms with Crippen molar-refractivity contribution in [1.82, 2.24) is 4.57 Å². The summed E-state index contributed by atoms with van der Waals surface area (Å²) in [6.07, 6.45) is 2.63. The molecular formula is C16H16ClNO2. The fourth-order valence-electron chi connectivity index (χ4n) is 2.13. The molecule has 0 aliphatic heterocycles. The van der Waals surface area contributed by atoms with Gasteiger partial charge in [0, 0.05) is 29.2 Å². The molecule has 1 aromatic carbocycles. The monoisotopic (exact) mass is 289 g/mol. The van der Waals surface area contributed by atoms with E-state index >= 15 is 0 Å². The smallest absolute Gasteiger partial charge is 0.226 e. The predicted octanol–water partition coefficient (Wildman–Crippen LogP) is 3.02. The molecule has 0 bridgehead atoms. The van der Waals surface area contributed by atoms with Crippen LogP contribution in [-0.2, 0) is 17.6 Å². The van der Waals surface area contributed by atoms with Gasteiger partial charge in [-0.3, -0.25) is 9.59 Å². The number of pyridine rings is 1. The van der Waals surface area contributed by atoms with E-state index in [9.17, 15) is 9.59 Å². The molecule has 2 rings (SSSR count). The fourth-order valence-corrected chi connectivity index (χ4v) is 2.27. The summed E-state index contributed by atoms with van der Waals surface area (Å²) in [5.74, 6) is 0. The Morgan fingerprint density at radius 3 is 2.45 bits per heavy atom. The molecule has 0 unspecified atom stereocenters. The Labute approximate surface area is 122 Å². The number of rotatable bonds is 4. The van der Waals surface area contributed by atoms with Gasteiger partial charge in [0.25, 0.3) is 0 Å². The summed E-state index contributed by atoms with van der Waals surface area (Å²) in [4.78, 5) is 22.8. The number of hydrogen-bond acceptors (Lipinski definition) is 2. The van der Waals surface area contributed by atoms with Crippen LogP contribution < -0.4 is 5.43 Å². The first-order chi connectivity index (χ1) is 9.51. The van der Waals surface area contributed by atoms with Crippen LogP contribution >= 0.6 is 11.6 Å². The standard InChI is InChI=1S/C16H16ClNO2/c1-3-12-4-6-14(7-5-12)18-10-13(9-16(17)20)15(19)8-11(18)2/h4-8,10H,3,9H2,1-2H3. The first kappa shape index (κ1) is 14.5. The molecule has 0 N–H and O–H groups in total. The van der Waals surface area contributed by atoms with Gasteiger partial charge in [0.2, 0.25) is 5.24 Å². The molecule has 1 heterocycles. The SMILES string of the molecule is CCc1ccc(-n2cc(CC(=O)Cl)c(=O)cc2C)cc1. The molecule has 0 atom stereocenters. The molecule has 1 aromatic heterocycles. The third-order valence-corrected chi connectivity index (χ3v) is 3.41. The van der Waals surface area contributed by atoms with E-state index in [-0.39, 0.29) is 11.8 Å². The maximum atomic E-state index is 11.8. The number of aromatic nitrogens is 1. The highest BCUT2D eigenvalue weighted by Gasteiger charge is 2.08. The summed E-state index contributed by atoms with van der Waals surface area (Å²) >= 11 is 5.37. The van der Waals surface area contributed by atoms with Gasteiger partial charge in [-0.25, -0.2) is 0 Å². The zero-order valence-corrected chi connectivity index (χ0v) is 12.3. The molecule has 0 amide bonds. The van der Waals surface area contributed by atoms with Gasteiger partial charge < -0.3 is 4.57 Å². The average Bonchev–Trinajstić information content (AvgIpc) is 2.41. The van der Waals surface area contributed by atoms with Crippen LogP contribution in [0.4, 0.5) is 0 Å². The Hall–Kier alpha value is -1.87. The molecule has 4 heteroatoms. The second-order valence-corrected chi connectivity index (χ2v) is 5.15. The Morgan fingerprint density at radius 2 is 1.90 bits per heavy atom. The summed E-state index contributed by atoms with van der Waals surface area (Å²) in [5, 5.41) is -0.529. The number of benzene rings is 1. The van der Waals surface area contributed by atoms with Crippen LogP contribution in [0.5, 0.6) is 0 Å². The van der Waals surface area contributed by atoms with E-state index in [2.05, 4.69) is 19.1 Å². The minimum Gasteiger partial charge on any atom is -0.321 e. The lowest BCUT2D eigenvalue weighted by atomic mass is 10.1. The van der Waals surface area contributed by atoms with Crippen molar-refractivity contribution in [1.29, 1.82) is 0 Å². The number of hydrogen-bond donors (Lipinski definition) is 0. The van der Waals surface area contributed by atoms with Gasteiger partial charge >= 0.3 is 0 Å². The average molecular weight is 290 g/mol. The largest absolute Gasteiger partial charge is 0.321 e. The molecule has 0 aliphatic rings. The van der Waals surface area contributed by atoms with Crippen LogP contribution in [0.15, 0.2) is 41.3 Å². The van der Waals surface area contributed by atoms with Gasteiger partial charge in [-0.1, -0.05) is 19.1 Å². The molecular weight excluding hydrogens is 274 g/mol. The third kappa shape index (κ3) is 3.17. The second-order valence-electron chi connectivity index (χ2n) is 4.73. The summed E-state index contributed by atoms with van der Waals surface area (Å²) < 4.78 is 1.90. The molecule has 0 aliphatic carbocycles. The third-order valence-electron chi connectivity index (χ3n) is 3.27. The van der Waals surface area contributed by atoms with Crippen LogP contribution in [-0.4, -0.2) is 9.81 Å². The molecule has 0 spiro atoms. The van der Waals surface area contributed by atoms with E-state index < -0.39 is 5.24 Å². The van der Waals surface area contributed by atoms with Crippen LogP contribution in [0.25, 0.3) is 5.69 Å². The molecule has 0 saturated heterocycles. The topological polar surface area (TPSA) is 39.1 Å². The van der Waals surface area contributed by atoms with E-state index in [1.807, 2.05) is 23.6 Å². The lowest BCUT2D eigenvalue weighted by Gasteiger charge is -2.12. The minimum atomic E-state index is -0.529. The van der Waals surface area contributed by atoms with Crippen molar-refractivity contribution in [3.8, 4) is 5.69 Å². The Kier molecular flexibility index (Phi) is 4.40. The molecule has 3 nitrogen and oxygen atoms in total. The van der Waals surface area contributed by atoms with Crippen LogP contribution in [0, 0.1) is 6.92 Å². The van der Waals surface area contributed by atoms with E-state index in [0.29, 0.717) is 5.56 Å². The van der Waals surface area contributed by atoms with Crippen molar-refractivity contribution in [2.45, 2.75) is 26.7 Å². The Bertz CT molecular complexity index is 687. The first-order valence-corrected chi connectivity index (χ1v) is 6.89. The summed E-state index contributed by atoms with van der Waals surface area (Å²) in [5.41, 5.74) is 3.30. The lowest BCUT2D eigenvalue weighted by Crippen LogP contribution is -2.15. The van der Waals surface area contributed by atoms with Crippen molar-refractivity contribution < 1.29 is 4.79 Å². The normalized spacial score (nSPS) is 10.6. The van der Waals surface area contributed by atoms with Gasteiger partial charge in [0.1, 0.15) is 0 Å². The fraction of sp³-hybridized carbons (Fsp3) is 0.250. The molecule has 104 valence electrons. The highest BCUT2D eigenvalue weighted by atomic mass is 35.5. The van der Waals surface area contributed by atoms with Crippen molar-refractivity contribution in [3.63, 3.8) is 0 Å². The lowest BCUT2D eigenvalue weighted by molar-refractivity contribution is -0.111.